The highest BCUT2D eigenvalue weighted by Gasteiger charge is 2.31. The maximum absolute atomic E-state index is 12.5. The summed E-state index contributed by atoms with van der Waals surface area (Å²) in [5, 5.41) is 0. The number of carbonyl (C=O) groups excluding carboxylic acids is 1. The SMILES string of the molecule is CC(C)(C)C(=O)Cn1cc(C(F)(F)F)ccc1=O. The minimum atomic E-state index is -4.53. The van der Waals surface area contributed by atoms with Gasteiger partial charge in [-0.25, -0.2) is 0 Å². The van der Waals surface area contributed by atoms with Crippen LogP contribution in [-0.4, -0.2) is 10.4 Å². The summed E-state index contributed by atoms with van der Waals surface area (Å²) in [6.07, 6.45) is -3.85. The molecule has 0 saturated carbocycles. The lowest BCUT2D eigenvalue weighted by Gasteiger charge is -2.18. The molecule has 1 rings (SSSR count). The van der Waals surface area contributed by atoms with E-state index in [-0.39, 0.29) is 12.3 Å². The molecule has 0 bridgehead atoms. The van der Waals surface area contributed by atoms with Crippen molar-refractivity contribution >= 4 is 5.78 Å². The van der Waals surface area contributed by atoms with Gasteiger partial charge < -0.3 is 4.57 Å². The number of ketones is 1. The Kier molecular flexibility index (Phi) is 3.69. The molecule has 1 heterocycles. The lowest BCUT2D eigenvalue weighted by molar-refractivity contribution is -0.138. The highest BCUT2D eigenvalue weighted by Crippen LogP contribution is 2.28. The van der Waals surface area contributed by atoms with Crippen molar-refractivity contribution in [3.8, 4) is 0 Å². The van der Waals surface area contributed by atoms with E-state index in [1.807, 2.05) is 0 Å². The Balaban J connectivity index is 3.11. The summed E-state index contributed by atoms with van der Waals surface area (Å²) in [6.45, 7) is 4.59. The van der Waals surface area contributed by atoms with Crippen LogP contribution in [0.2, 0.25) is 0 Å². The maximum Gasteiger partial charge on any atom is 0.417 e. The summed E-state index contributed by atoms with van der Waals surface area (Å²) in [4.78, 5) is 23.1. The fourth-order valence-electron chi connectivity index (χ4n) is 1.21. The number of pyridine rings is 1. The lowest BCUT2D eigenvalue weighted by Crippen LogP contribution is -2.31. The summed E-state index contributed by atoms with van der Waals surface area (Å²) in [5.41, 5.74) is -2.27. The first-order chi connectivity index (χ1) is 8.01. The number of rotatable bonds is 2. The molecule has 3 nitrogen and oxygen atoms in total. The van der Waals surface area contributed by atoms with E-state index in [0.717, 1.165) is 10.6 Å². The summed E-state index contributed by atoms with van der Waals surface area (Å²) in [7, 11) is 0. The van der Waals surface area contributed by atoms with Gasteiger partial charge in [-0.2, -0.15) is 13.2 Å². The first-order valence-electron chi connectivity index (χ1n) is 5.33. The number of aromatic nitrogens is 1. The number of nitrogens with zero attached hydrogens (tertiary/aromatic N) is 1. The van der Waals surface area contributed by atoms with E-state index < -0.39 is 22.7 Å². The molecule has 0 amide bonds. The van der Waals surface area contributed by atoms with Gasteiger partial charge in [-0.3, -0.25) is 9.59 Å². The second kappa shape index (κ2) is 4.59. The van der Waals surface area contributed by atoms with Crippen molar-refractivity contribution < 1.29 is 18.0 Å². The molecular weight excluding hydrogens is 247 g/mol. The standard InChI is InChI=1S/C12H14F3NO2/c1-11(2,3)9(17)7-16-6-8(12(13,14)15)4-5-10(16)18/h4-6H,7H2,1-3H3. The van der Waals surface area contributed by atoms with Gasteiger partial charge in [-0.1, -0.05) is 20.8 Å². The molecule has 0 radical (unpaired) electrons. The molecule has 0 aliphatic rings. The zero-order valence-corrected chi connectivity index (χ0v) is 10.3. The molecule has 0 saturated heterocycles. The maximum atomic E-state index is 12.5. The van der Waals surface area contributed by atoms with Crippen molar-refractivity contribution in [3.05, 3.63) is 34.2 Å². The normalized spacial score (nSPS) is 12.6. The second-order valence-corrected chi connectivity index (χ2v) is 5.05. The third-order valence-corrected chi connectivity index (χ3v) is 2.46. The van der Waals surface area contributed by atoms with Crippen LogP contribution in [0.4, 0.5) is 13.2 Å². The van der Waals surface area contributed by atoms with Crippen LogP contribution in [0.15, 0.2) is 23.1 Å². The van der Waals surface area contributed by atoms with Crippen LogP contribution in [0.5, 0.6) is 0 Å². The summed E-state index contributed by atoms with van der Waals surface area (Å²) < 4.78 is 38.2. The molecule has 1 aromatic rings. The highest BCUT2D eigenvalue weighted by atomic mass is 19.4. The van der Waals surface area contributed by atoms with Gasteiger partial charge in [-0.15, -0.1) is 0 Å². The van der Waals surface area contributed by atoms with Crippen molar-refractivity contribution in [2.24, 2.45) is 5.41 Å². The molecule has 18 heavy (non-hydrogen) atoms. The average molecular weight is 261 g/mol. The van der Waals surface area contributed by atoms with Gasteiger partial charge in [0.05, 0.1) is 12.1 Å². The third kappa shape index (κ3) is 3.45. The Labute approximate surface area is 102 Å². The minimum absolute atomic E-state index is 0.302. The van der Waals surface area contributed by atoms with Crippen molar-refractivity contribution in [2.75, 3.05) is 0 Å². The Bertz CT molecular complexity index is 509. The van der Waals surface area contributed by atoms with Crippen LogP contribution in [0.1, 0.15) is 26.3 Å². The highest BCUT2D eigenvalue weighted by molar-refractivity contribution is 5.83. The van der Waals surface area contributed by atoms with Crippen LogP contribution in [-0.2, 0) is 17.5 Å². The van der Waals surface area contributed by atoms with Gasteiger partial charge in [0.2, 0.25) is 0 Å². The van der Waals surface area contributed by atoms with E-state index in [2.05, 4.69) is 0 Å². The van der Waals surface area contributed by atoms with E-state index in [1.165, 1.54) is 0 Å². The fourth-order valence-corrected chi connectivity index (χ4v) is 1.21. The summed E-state index contributed by atoms with van der Waals surface area (Å²) in [5.74, 6) is -0.302. The number of hydrogen-bond donors (Lipinski definition) is 0. The molecule has 0 fully saturated rings. The van der Waals surface area contributed by atoms with Gasteiger partial charge in [0, 0.05) is 17.7 Å². The van der Waals surface area contributed by atoms with E-state index in [4.69, 9.17) is 0 Å². The molecule has 0 aliphatic carbocycles. The van der Waals surface area contributed by atoms with Crippen molar-refractivity contribution in [1.29, 1.82) is 0 Å². The Hall–Kier alpha value is -1.59. The van der Waals surface area contributed by atoms with E-state index in [9.17, 15) is 22.8 Å². The van der Waals surface area contributed by atoms with Crippen molar-refractivity contribution in [3.63, 3.8) is 0 Å². The molecule has 0 spiro atoms. The van der Waals surface area contributed by atoms with Crippen LogP contribution in [0, 0.1) is 5.41 Å². The van der Waals surface area contributed by atoms with E-state index >= 15 is 0 Å². The smallest absolute Gasteiger partial charge is 0.307 e. The summed E-state index contributed by atoms with van der Waals surface area (Å²) >= 11 is 0. The molecule has 0 aliphatic heterocycles. The Morgan fingerprint density at radius 1 is 1.22 bits per heavy atom. The van der Waals surface area contributed by atoms with Gasteiger partial charge in [0.25, 0.3) is 5.56 Å². The number of halogens is 3. The molecule has 1 aromatic heterocycles. The quantitative estimate of drug-likeness (QED) is 0.820. The Morgan fingerprint density at radius 3 is 2.22 bits per heavy atom. The third-order valence-electron chi connectivity index (χ3n) is 2.46. The fraction of sp³-hybridized carbons (Fsp3) is 0.500. The first-order valence-corrected chi connectivity index (χ1v) is 5.33. The molecule has 0 unspecified atom stereocenters. The van der Waals surface area contributed by atoms with Crippen molar-refractivity contribution in [1.82, 2.24) is 4.57 Å². The molecule has 6 heteroatoms. The predicted molar refractivity (Wildman–Crippen MR) is 60.2 cm³/mol. The number of alkyl halides is 3. The van der Waals surface area contributed by atoms with E-state index in [1.54, 1.807) is 20.8 Å². The summed E-state index contributed by atoms with van der Waals surface area (Å²) in [6, 6.07) is 1.53. The molecule has 0 atom stereocenters. The van der Waals surface area contributed by atoms with E-state index in [0.29, 0.717) is 12.3 Å². The number of hydrogen-bond acceptors (Lipinski definition) is 2. The predicted octanol–water partition coefficient (Wildman–Crippen LogP) is 2.48. The van der Waals surface area contributed by atoms with Crippen LogP contribution in [0.3, 0.4) is 0 Å². The minimum Gasteiger partial charge on any atom is -0.307 e. The zero-order valence-electron chi connectivity index (χ0n) is 10.3. The van der Waals surface area contributed by atoms with Crippen molar-refractivity contribution in [2.45, 2.75) is 33.5 Å². The van der Waals surface area contributed by atoms with Gasteiger partial charge in [0.15, 0.2) is 5.78 Å². The van der Waals surface area contributed by atoms with Gasteiger partial charge in [0.1, 0.15) is 0 Å². The molecular formula is C12H14F3NO2. The van der Waals surface area contributed by atoms with Crippen LogP contribution < -0.4 is 5.56 Å². The largest absolute Gasteiger partial charge is 0.417 e. The van der Waals surface area contributed by atoms with Crippen LogP contribution >= 0.6 is 0 Å². The average Bonchev–Trinajstić information content (AvgIpc) is 2.18. The van der Waals surface area contributed by atoms with Gasteiger partial charge >= 0.3 is 6.18 Å². The Morgan fingerprint density at radius 2 is 1.78 bits per heavy atom. The second-order valence-electron chi connectivity index (χ2n) is 5.05. The molecule has 0 N–H and O–H groups in total. The molecule has 100 valence electrons. The topological polar surface area (TPSA) is 39.1 Å². The van der Waals surface area contributed by atoms with Gasteiger partial charge in [-0.05, 0) is 6.07 Å². The van der Waals surface area contributed by atoms with Crippen LogP contribution in [0.25, 0.3) is 0 Å². The molecule has 0 aromatic carbocycles. The zero-order chi connectivity index (χ0) is 14.1. The first kappa shape index (κ1) is 14.5. The monoisotopic (exact) mass is 261 g/mol. The number of Topliss-reactive ketones (excluding diaryl/α,β-unsaturated/α-hetero) is 1. The lowest BCUT2D eigenvalue weighted by atomic mass is 9.91. The number of carbonyl (C=O) groups is 1.